The van der Waals surface area contributed by atoms with Gasteiger partial charge in [-0.05, 0) is 43.4 Å². The Kier molecular flexibility index (Phi) is 3.11. The van der Waals surface area contributed by atoms with E-state index in [1.165, 1.54) is 12.8 Å². The maximum atomic E-state index is 6.27. The van der Waals surface area contributed by atoms with Gasteiger partial charge < -0.3 is 15.6 Å². The average molecular weight is 359 g/mol. The van der Waals surface area contributed by atoms with Crippen LogP contribution in [-0.2, 0) is 0 Å². The summed E-state index contributed by atoms with van der Waals surface area (Å²) in [7, 11) is 0. The molecule has 6 heterocycles. The van der Waals surface area contributed by atoms with Gasteiger partial charge in [0, 0.05) is 54.7 Å². The average Bonchev–Trinajstić information content (AvgIpc) is 3.38. The first kappa shape index (κ1) is 15.2. The van der Waals surface area contributed by atoms with E-state index in [1.54, 1.807) is 0 Å². The van der Waals surface area contributed by atoms with Gasteiger partial charge in [-0.15, -0.1) is 0 Å². The second-order valence-electron chi connectivity index (χ2n) is 7.72. The Bertz CT molecular complexity index is 1120. The quantitative estimate of drug-likeness (QED) is 0.574. The first-order chi connectivity index (χ1) is 13.3. The van der Waals surface area contributed by atoms with Gasteiger partial charge in [0.1, 0.15) is 5.65 Å². The molecule has 0 aliphatic carbocycles. The van der Waals surface area contributed by atoms with Crippen molar-refractivity contribution in [2.75, 3.05) is 4.90 Å². The molecule has 7 heteroatoms. The molecule has 6 rings (SSSR count). The van der Waals surface area contributed by atoms with Crippen molar-refractivity contribution in [1.82, 2.24) is 24.3 Å². The Morgan fingerprint density at radius 2 is 1.85 bits per heavy atom. The molecule has 0 saturated carbocycles. The normalized spacial score (nSPS) is 24.9. The highest BCUT2D eigenvalue weighted by atomic mass is 15.4. The smallest absolute Gasteiger partial charge is 0.213 e. The van der Waals surface area contributed by atoms with Gasteiger partial charge in [0.05, 0.1) is 5.39 Å². The summed E-state index contributed by atoms with van der Waals surface area (Å²) in [5, 5.41) is 1.05. The molecule has 2 bridgehead atoms. The van der Waals surface area contributed by atoms with Crippen LogP contribution in [0, 0.1) is 0 Å². The third-order valence-corrected chi connectivity index (χ3v) is 6.14. The topological polar surface area (TPSA) is 88.1 Å². The maximum Gasteiger partial charge on any atom is 0.213 e. The lowest BCUT2D eigenvalue weighted by atomic mass is 9.98. The molecule has 1 unspecified atom stereocenters. The molecular formula is C20H21N7. The van der Waals surface area contributed by atoms with Crippen LogP contribution >= 0.6 is 0 Å². The second kappa shape index (κ2) is 5.53. The standard InChI is InChI=1S/C20H21N7/c21-13-9-14-1-2-15(10-13)27(14)20-25-18-17(19-23-7-8-26(19)20)16(11-24-18)12-3-5-22-6-4-12/h3-8,11,13-15,24H,1-2,9-10,21H2/t13?,14-,15+. The number of nitrogens with zero attached hydrogens (tertiary/aromatic N) is 5. The molecule has 2 fully saturated rings. The van der Waals surface area contributed by atoms with Crippen LogP contribution in [0.5, 0.6) is 0 Å². The molecule has 0 amide bonds. The molecule has 2 aliphatic heterocycles. The van der Waals surface area contributed by atoms with Gasteiger partial charge in [-0.1, -0.05) is 0 Å². The van der Waals surface area contributed by atoms with Crippen molar-refractivity contribution in [2.24, 2.45) is 5.73 Å². The molecule has 3 N–H and O–H groups in total. The highest BCUT2D eigenvalue weighted by Crippen LogP contribution is 2.40. The summed E-state index contributed by atoms with van der Waals surface area (Å²) in [6.07, 6.45) is 14.0. The van der Waals surface area contributed by atoms with E-state index in [0.29, 0.717) is 18.1 Å². The van der Waals surface area contributed by atoms with E-state index in [9.17, 15) is 0 Å². The zero-order chi connectivity index (χ0) is 18.0. The lowest BCUT2D eigenvalue weighted by molar-refractivity contribution is 0.408. The molecule has 0 radical (unpaired) electrons. The fraction of sp³-hybridized carbons (Fsp3) is 0.350. The fourth-order valence-corrected chi connectivity index (χ4v) is 5.02. The summed E-state index contributed by atoms with van der Waals surface area (Å²) < 4.78 is 2.14. The Labute approximate surface area is 156 Å². The molecule has 4 aromatic heterocycles. The van der Waals surface area contributed by atoms with Crippen molar-refractivity contribution in [3.63, 3.8) is 0 Å². The predicted octanol–water partition coefficient (Wildman–Crippen LogP) is 2.73. The monoisotopic (exact) mass is 359 g/mol. The number of aromatic nitrogens is 5. The summed E-state index contributed by atoms with van der Waals surface area (Å²) in [4.78, 5) is 19.7. The van der Waals surface area contributed by atoms with Gasteiger partial charge in [0.15, 0.2) is 5.65 Å². The van der Waals surface area contributed by atoms with Gasteiger partial charge >= 0.3 is 0 Å². The van der Waals surface area contributed by atoms with Crippen LogP contribution in [0.3, 0.4) is 0 Å². The van der Waals surface area contributed by atoms with Crippen molar-refractivity contribution in [2.45, 2.75) is 43.8 Å². The maximum absolute atomic E-state index is 6.27. The Morgan fingerprint density at radius 1 is 1.07 bits per heavy atom. The number of imidazole rings is 1. The summed E-state index contributed by atoms with van der Waals surface area (Å²) in [5.74, 6) is 0.984. The molecule has 0 aromatic carbocycles. The third kappa shape index (κ3) is 2.15. The van der Waals surface area contributed by atoms with Crippen molar-refractivity contribution in [1.29, 1.82) is 0 Å². The zero-order valence-corrected chi connectivity index (χ0v) is 14.9. The lowest BCUT2D eigenvalue weighted by Crippen LogP contribution is -2.48. The van der Waals surface area contributed by atoms with Crippen LogP contribution in [0.15, 0.2) is 43.1 Å². The molecule has 4 aromatic rings. The molecule has 2 saturated heterocycles. The number of piperidine rings is 1. The number of H-pyrrole nitrogens is 1. The third-order valence-electron chi connectivity index (χ3n) is 6.14. The number of hydrogen-bond donors (Lipinski definition) is 2. The van der Waals surface area contributed by atoms with E-state index < -0.39 is 0 Å². The summed E-state index contributed by atoms with van der Waals surface area (Å²) in [6, 6.07) is 5.29. The van der Waals surface area contributed by atoms with Crippen LogP contribution in [-0.4, -0.2) is 42.5 Å². The molecule has 27 heavy (non-hydrogen) atoms. The Balaban J connectivity index is 1.57. The van der Waals surface area contributed by atoms with Crippen LogP contribution < -0.4 is 10.6 Å². The summed E-state index contributed by atoms with van der Waals surface area (Å²) in [6.45, 7) is 0. The molecule has 2 aliphatic rings. The molecule has 7 nitrogen and oxygen atoms in total. The number of pyridine rings is 1. The van der Waals surface area contributed by atoms with Gasteiger partial charge in [-0.25, -0.2) is 4.98 Å². The number of nitrogens with one attached hydrogen (secondary N) is 1. The van der Waals surface area contributed by atoms with E-state index in [0.717, 1.165) is 46.6 Å². The number of aromatic amines is 1. The minimum Gasteiger partial charge on any atom is -0.345 e. The van der Waals surface area contributed by atoms with E-state index in [4.69, 9.17) is 10.7 Å². The molecule has 0 spiro atoms. The minimum absolute atomic E-state index is 0.310. The van der Waals surface area contributed by atoms with Crippen LogP contribution in [0.4, 0.5) is 5.95 Å². The Hall–Kier alpha value is -2.93. The van der Waals surface area contributed by atoms with E-state index in [-0.39, 0.29) is 0 Å². The van der Waals surface area contributed by atoms with E-state index in [2.05, 4.69) is 24.3 Å². The van der Waals surface area contributed by atoms with Gasteiger partial charge in [0.25, 0.3) is 0 Å². The second-order valence-corrected chi connectivity index (χ2v) is 7.72. The molecular weight excluding hydrogens is 338 g/mol. The molecule has 136 valence electrons. The fourth-order valence-electron chi connectivity index (χ4n) is 5.02. The van der Waals surface area contributed by atoms with E-state index >= 15 is 0 Å². The van der Waals surface area contributed by atoms with Crippen LogP contribution in [0.25, 0.3) is 27.8 Å². The van der Waals surface area contributed by atoms with Crippen LogP contribution in [0.2, 0.25) is 0 Å². The van der Waals surface area contributed by atoms with Crippen molar-refractivity contribution >= 4 is 22.6 Å². The van der Waals surface area contributed by atoms with Crippen LogP contribution in [0.1, 0.15) is 25.7 Å². The predicted molar refractivity (Wildman–Crippen MR) is 105 cm³/mol. The van der Waals surface area contributed by atoms with Gasteiger partial charge in [-0.2, -0.15) is 4.98 Å². The largest absolute Gasteiger partial charge is 0.345 e. The SMILES string of the molecule is NC1C[C@H]2CC[C@@H](C1)N2c1nc2[nH]cc(-c3ccncc3)c2c2nccn12. The van der Waals surface area contributed by atoms with Gasteiger partial charge in [0.2, 0.25) is 5.95 Å². The Morgan fingerprint density at radius 3 is 2.63 bits per heavy atom. The first-order valence-corrected chi connectivity index (χ1v) is 9.58. The van der Waals surface area contributed by atoms with Crippen molar-refractivity contribution < 1.29 is 0 Å². The number of fused-ring (bicyclic) bond motifs is 5. The first-order valence-electron chi connectivity index (χ1n) is 9.58. The van der Waals surface area contributed by atoms with E-state index in [1.807, 2.05) is 43.1 Å². The summed E-state index contributed by atoms with van der Waals surface area (Å²) >= 11 is 0. The zero-order valence-electron chi connectivity index (χ0n) is 14.9. The highest BCUT2D eigenvalue weighted by Gasteiger charge is 2.41. The number of nitrogens with two attached hydrogens (primary N) is 1. The minimum atomic E-state index is 0.310. The van der Waals surface area contributed by atoms with Gasteiger partial charge in [-0.3, -0.25) is 9.38 Å². The van der Waals surface area contributed by atoms with Crippen molar-refractivity contribution in [3.8, 4) is 11.1 Å². The molecule has 3 atom stereocenters. The highest BCUT2D eigenvalue weighted by molar-refractivity contribution is 6.03. The number of rotatable bonds is 2. The lowest BCUT2D eigenvalue weighted by Gasteiger charge is -2.38. The number of hydrogen-bond acceptors (Lipinski definition) is 5. The summed E-state index contributed by atoms with van der Waals surface area (Å²) in [5.41, 5.74) is 10.3. The van der Waals surface area contributed by atoms with Crippen molar-refractivity contribution in [3.05, 3.63) is 43.1 Å². The number of anilines is 1.